The zero-order chi connectivity index (χ0) is 15.9. The number of rotatable bonds is 3. The number of imidazole rings is 1. The Hall–Kier alpha value is -2.41. The van der Waals surface area contributed by atoms with Crippen LogP contribution in [0.25, 0.3) is 11.0 Å². The van der Waals surface area contributed by atoms with Gasteiger partial charge in [-0.15, -0.1) is 0 Å². The maximum atomic E-state index is 12.9. The molecule has 0 saturated carbocycles. The number of hydrogen-bond donors (Lipinski definition) is 1. The summed E-state index contributed by atoms with van der Waals surface area (Å²) in [5, 5.41) is 0. The summed E-state index contributed by atoms with van der Waals surface area (Å²) in [7, 11) is -1.86. The predicted octanol–water partition coefficient (Wildman–Crippen LogP) is 2.82. The lowest BCUT2D eigenvalue weighted by molar-refractivity contribution is 0.599. The Bertz CT molecular complexity index is 947. The summed E-state index contributed by atoms with van der Waals surface area (Å²) in [6.45, 7) is 1.88. The standard InChI is InChI=1S/C15H14FN3O2S/c1-10-17-14-9-12(5-8-15(14)19(10)2)18-22(20,21)13-6-3-11(16)4-7-13/h3-9,18H,1-2H3. The van der Waals surface area contributed by atoms with Crippen molar-refractivity contribution in [3.63, 3.8) is 0 Å². The average Bonchev–Trinajstić information content (AvgIpc) is 2.73. The van der Waals surface area contributed by atoms with Gasteiger partial charge in [0.25, 0.3) is 10.0 Å². The zero-order valence-electron chi connectivity index (χ0n) is 12.0. The molecule has 1 N–H and O–H groups in total. The van der Waals surface area contributed by atoms with E-state index in [9.17, 15) is 12.8 Å². The molecule has 0 radical (unpaired) electrons. The number of aryl methyl sites for hydroxylation is 2. The smallest absolute Gasteiger partial charge is 0.261 e. The maximum Gasteiger partial charge on any atom is 0.261 e. The van der Waals surface area contributed by atoms with Gasteiger partial charge in [0.15, 0.2) is 0 Å². The van der Waals surface area contributed by atoms with E-state index in [4.69, 9.17) is 0 Å². The second-order valence-corrected chi connectivity index (χ2v) is 6.66. The van der Waals surface area contributed by atoms with Crippen LogP contribution in [-0.4, -0.2) is 18.0 Å². The van der Waals surface area contributed by atoms with E-state index in [0.29, 0.717) is 11.2 Å². The molecular weight excluding hydrogens is 305 g/mol. The average molecular weight is 319 g/mol. The molecule has 0 aliphatic rings. The van der Waals surface area contributed by atoms with Gasteiger partial charge < -0.3 is 4.57 Å². The third kappa shape index (κ3) is 2.55. The van der Waals surface area contributed by atoms with E-state index in [1.807, 2.05) is 18.5 Å². The molecule has 0 saturated heterocycles. The van der Waals surface area contributed by atoms with Crippen LogP contribution in [0.1, 0.15) is 5.82 Å². The highest BCUT2D eigenvalue weighted by Crippen LogP contribution is 2.22. The molecule has 0 bridgehead atoms. The highest BCUT2D eigenvalue weighted by Gasteiger charge is 2.15. The Labute approximate surface area is 127 Å². The van der Waals surface area contributed by atoms with E-state index >= 15 is 0 Å². The van der Waals surface area contributed by atoms with Gasteiger partial charge in [-0.2, -0.15) is 0 Å². The summed E-state index contributed by atoms with van der Waals surface area (Å²) in [6.07, 6.45) is 0. The van der Waals surface area contributed by atoms with Gasteiger partial charge in [0.05, 0.1) is 21.6 Å². The van der Waals surface area contributed by atoms with Crippen molar-refractivity contribution in [2.45, 2.75) is 11.8 Å². The van der Waals surface area contributed by atoms with E-state index in [1.54, 1.807) is 18.2 Å². The van der Waals surface area contributed by atoms with E-state index < -0.39 is 15.8 Å². The van der Waals surface area contributed by atoms with Crippen LogP contribution in [0, 0.1) is 12.7 Å². The molecule has 0 aliphatic carbocycles. The van der Waals surface area contributed by atoms with Crippen LogP contribution in [0.15, 0.2) is 47.4 Å². The molecule has 2 aromatic carbocycles. The van der Waals surface area contributed by atoms with Gasteiger partial charge in [-0.1, -0.05) is 0 Å². The molecule has 114 valence electrons. The number of sulfonamides is 1. The van der Waals surface area contributed by atoms with E-state index in [0.717, 1.165) is 23.5 Å². The number of hydrogen-bond acceptors (Lipinski definition) is 3. The first-order valence-corrected chi connectivity index (χ1v) is 8.06. The number of anilines is 1. The van der Waals surface area contributed by atoms with Gasteiger partial charge >= 0.3 is 0 Å². The van der Waals surface area contributed by atoms with Crippen molar-refractivity contribution in [3.05, 3.63) is 54.1 Å². The van der Waals surface area contributed by atoms with Gasteiger partial charge in [0.1, 0.15) is 11.6 Å². The SMILES string of the molecule is Cc1nc2cc(NS(=O)(=O)c3ccc(F)cc3)ccc2n1C. The Morgan fingerprint density at radius 1 is 1.14 bits per heavy atom. The van der Waals surface area contributed by atoms with Crippen LogP contribution >= 0.6 is 0 Å². The topological polar surface area (TPSA) is 64.0 Å². The zero-order valence-corrected chi connectivity index (χ0v) is 12.9. The quantitative estimate of drug-likeness (QED) is 0.807. The van der Waals surface area contributed by atoms with E-state index in [1.165, 1.54) is 12.1 Å². The van der Waals surface area contributed by atoms with Crippen LogP contribution in [0.5, 0.6) is 0 Å². The summed E-state index contributed by atoms with van der Waals surface area (Å²) in [5.74, 6) is 0.359. The molecule has 0 unspecified atom stereocenters. The number of fused-ring (bicyclic) bond motifs is 1. The Balaban J connectivity index is 1.96. The van der Waals surface area contributed by atoms with Crippen LogP contribution in [0.3, 0.4) is 0 Å². The second-order valence-electron chi connectivity index (χ2n) is 4.98. The first-order chi connectivity index (χ1) is 10.4. The monoisotopic (exact) mass is 319 g/mol. The van der Waals surface area contributed by atoms with E-state index in [-0.39, 0.29) is 4.90 Å². The van der Waals surface area contributed by atoms with Crippen LogP contribution in [0.2, 0.25) is 0 Å². The lowest BCUT2D eigenvalue weighted by atomic mass is 10.3. The minimum atomic E-state index is -3.75. The second kappa shape index (κ2) is 5.10. The lowest BCUT2D eigenvalue weighted by Gasteiger charge is -2.08. The number of benzene rings is 2. The molecule has 7 heteroatoms. The minimum absolute atomic E-state index is 0.00574. The van der Waals surface area contributed by atoms with Crippen molar-refractivity contribution in [3.8, 4) is 0 Å². The number of nitrogens with zero attached hydrogens (tertiary/aromatic N) is 2. The summed E-state index contributed by atoms with van der Waals surface area (Å²) in [5.41, 5.74) is 2.04. The molecule has 3 aromatic rings. The number of aromatic nitrogens is 2. The molecule has 0 spiro atoms. The van der Waals surface area contributed by atoms with Crippen molar-refractivity contribution < 1.29 is 12.8 Å². The largest absolute Gasteiger partial charge is 0.331 e. The lowest BCUT2D eigenvalue weighted by Crippen LogP contribution is -2.12. The third-order valence-corrected chi connectivity index (χ3v) is 4.88. The highest BCUT2D eigenvalue weighted by molar-refractivity contribution is 7.92. The molecule has 1 aromatic heterocycles. The van der Waals surface area contributed by atoms with Crippen LogP contribution in [-0.2, 0) is 17.1 Å². The summed E-state index contributed by atoms with van der Waals surface area (Å²) in [6, 6.07) is 9.81. The Kier molecular flexibility index (Phi) is 3.37. The minimum Gasteiger partial charge on any atom is -0.331 e. The van der Waals surface area contributed by atoms with E-state index in [2.05, 4.69) is 9.71 Å². The summed E-state index contributed by atoms with van der Waals surface area (Å²) in [4.78, 5) is 4.37. The molecule has 5 nitrogen and oxygen atoms in total. The fourth-order valence-electron chi connectivity index (χ4n) is 2.21. The Morgan fingerprint density at radius 3 is 2.50 bits per heavy atom. The molecule has 0 fully saturated rings. The molecule has 3 rings (SSSR count). The number of nitrogens with one attached hydrogen (secondary N) is 1. The van der Waals surface area contributed by atoms with Crippen molar-refractivity contribution in [1.82, 2.24) is 9.55 Å². The van der Waals surface area contributed by atoms with Crippen molar-refractivity contribution in [2.24, 2.45) is 7.05 Å². The van der Waals surface area contributed by atoms with Gasteiger partial charge in [-0.3, -0.25) is 4.72 Å². The van der Waals surface area contributed by atoms with Crippen molar-refractivity contribution in [1.29, 1.82) is 0 Å². The van der Waals surface area contributed by atoms with Gasteiger partial charge in [0, 0.05) is 7.05 Å². The molecule has 22 heavy (non-hydrogen) atoms. The van der Waals surface area contributed by atoms with Gasteiger partial charge in [0.2, 0.25) is 0 Å². The van der Waals surface area contributed by atoms with Gasteiger partial charge in [-0.05, 0) is 49.4 Å². The normalized spacial score (nSPS) is 11.8. The van der Waals surface area contributed by atoms with Crippen LogP contribution < -0.4 is 4.72 Å². The molecular formula is C15H14FN3O2S. The fourth-order valence-corrected chi connectivity index (χ4v) is 3.26. The molecule has 0 aliphatic heterocycles. The van der Waals surface area contributed by atoms with Crippen LogP contribution in [0.4, 0.5) is 10.1 Å². The first kappa shape index (κ1) is 14.5. The van der Waals surface area contributed by atoms with Crippen molar-refractivity contribution >= 4 is 26.7 Å². The Morgan fingerprint density at radius 2 is 1.82 bits per heavy atom. The van der Waals surface area contributed by atoms with Gasteiger partial charge in [-0.25, -0.2) is 17.8 Å². The predicted molar refractivity (Wildman–Crippen MR) is 82.7 cm³/mol. The fraction of sp³-hybridized carbons (Fsp3) is 0.133. The summed E-state index contributed by atoms with van der Waals surface area (Å²) >= 11 is 0. The first-order valence-electron chi connectivity index (χ1n) is 6.58. The molecule has 0 amide bonds. The third-order valence-electron chi connectivity index (χ3n) is 3.48. The maximum absolute atomic E-state index is 12.9. The molecule has 0 atom stereocenters. The highest BCUT2D eigenvalue weighted by atomic mass is 32.2. The summed E-state index contributed by atoms with van der Waals surface area (Å²) < 4.78 is 41.8. The van der Waals surface area contributed by atoms with Crippen molar-refractivity contribution in [2.75, 3.05) is 4.72 Å². The number of halogens is 1. The molecule has 1 heterocycles.